The van der Waals surface area contributed by atoms with Crippen molar-refractivity contribution in [2.45, 2.75) is 25.4 Å². The molecule has 11 heavy (non-hydrogen) atoms. The fourth-order valence-corrected chi connectivity index (χ4v) is 0.106. The first-order chi connectivity index (χ1) is 5.05. The Bertz CT molecular complexity index is 134. The summed E-state index contributed by atoms with van der Waals surface area (Å²) < 4.78 is 0. The Morgan fingerprint density at radius 1 is 1.00 bits per heavy atom. The number of hydrogen-bond acceptors (Lipinski definition) is 3. The predicted octanol–water partition coefficient (Wildman–Crippen LogP) is -0.313. The molecular formula is C6H10O5. The summed E-state index contributed by atoms with van der Waals surface area (Å²) in [4.78, 5) is 19.0. The van der Waals surface area contributed by atoms with Gasteiger partial charge in [-0.1, -0.05) is 19.3 Å². The zero-order chi connectivity index (χ0) is 8.85. The maximum absolute atomic E-state index is 9.51. The van der Waals surface area contributed by atoms with Gasteiger partial charge in [0.05, 0.1) is 0 Å². The minimum atomic E-state index is -2.30. The molecule has 5 nitrogen and oxygen atoms in total. The van der Waals surface area contributed by atoms with Gasteiger partial charge in [-0.25, -0.2) is 9.59 Å². The van der Waals surface area contributed by atoms with E-state index < -0.39 is 18.0 Å². The first-order valence-electron chi connectivity index (χ1n) is 3.19. The molecule has 0 aromatic rings. The van der Waals surface area contributed by atoms with Crippen LogP contribution in [0, 0.1) is 0 Å². The topological polar surface area (TPSA) is 94.8 Å². The van der Waals surface area contributed by atoms with Gasteiger partial charge >= 0.3 is 11.9 Å². The van der Waals surface area contributed by atoms with Crippen LogP contribution in [0.25, 0.3) is 0 Å². The van der Waals surface area contributed by atoms with Crippen molar-refractivity contribution >= 4 is 11.9 Å². The highest BCUT2D eigenvalue weighted by atomic mass is 16.4. The van der Waals surface area contributed by atoms with Crippen LogP contribution in [0.3, 0.4) is 0 Å². The summed E-state index contributed by atoms with van der Waals surface area (Å²) in [5.41, 5.74) is 0. The summed E-state index contributed by atoms with van der Waals surface area (Å²) in [6, 6.07) is 0. The fraction of sp³-hybridized carbons (Fsp3) is 0.667. The highest BCUT2D eigenvalue weighted by Gasteiger charge is 2.20. The van der Waals surface area contributed by atoms with E-state index in [-0.39, 0.29) is 0 Å². The molecule has 0 spiro atoms. The van der Waals surface area contributed by atoms with E-state index in [1.54, 1.807) is 0 Å². The number of carboxylic acids is 2. The van der Waals surface area contributed by atoms with Gasteiger partial charge in [-0.15, -0.1) is 0 Å². The van der Waals surface area contributed by atoms with Crippen molar-refractivity contribution in [3.8, 4) is 0 Å². The lowest BCUT2D eigenvalue weighted by Crippen LogP contribution is -2.28. The van der Waals surface area contributed by atoms with Gasteiger partial charge in [0, 0.05) is 0 Å². The van der Waals surface area contributed by atoms with Crippen LogP contribution in [0.4, 0.5) is 0 Å². The molecule has 1 rings (SSSR count). The summed E-state index contributed by atoms with van der Waals surface area (Å²) in [6.07, 6.45) is 2.20. The molecule has 0 bridgehead atoms. The highest BCUT2D eigenvalue weighted by molar-refractivity contribution is 5.95. The van der Waals surface area contributed by atoms with E-state index in [2.05, 4.69) is 0 Å². The molecule has 64 valence electrons. The third-order valence-corrected chi connectivity index (χ3v) is 0.821. The monoisotopic (exact) mass is 162 g/mol. The van der Waals surface area contributed by atoms with Crippen molar-refractivity contribution < 1.29 is 24.9 Å². The highest BCUT2D eigenvalue weighted by Crippen LogP contribution is 2.14. The molecule has 0 aromatic carbocycles. The van der Waals surface area contributed by atoms with E-state index >= 15 is 0 Å². The van der Waals surface area contributed by atoms with E-state index in [0.29, 0.717) is 0 Å². The molecule has 1 saturated carbocycles. The first-order valence-corrected chi connectivity index (χ1v) is 3.19. The zero-order valence-corrected chi connectivity index (χ0v) is 5.86. The molecular weight excluding hydrogens is 152 g/mol. The predicted molar refractivity (Wildman–Crippen MR) is 35.1 cm³/mol. The van der Waals surface area contributed by atoms with Crippen LogP contribution < -0.4 is 0 Å². The van der Waals surface area contributed by atoms with Crippen LogP contribution >= 0.6 is 0 Å². The molecule has 0 unspecified atom stereocenters. The van der Waals surface area contributed by atoms with E-state index in [9.17, 15) is 9.59 Å². The number of hydrogen-bond donors (Lipinski definition) is 3. The second-order valence-electron chi connectivity index (χ2n) is 2.14. The summed E-state index contributed by atoms with van der Waals surface area (Å²) in [5, 5.41) is 23.4. The molecule has 0 aliphatic heterocycles. The molecule has 1 aliphatic carbocycles. The molecule has 0 saturated heterocycles. The van der Waals surface area contributed by atoms with E-state index in [1.807, 2.05) is 0 Å². The number of carboxylic acid groups (broad SMARTS) is 2. The number of aliphatic hydroxyl groups excluding tert-OH is 1. The van der Waals surface area contributed by atoms with Gasteiger partial charge in [0.1, 0.15) is 0 Å². The first kappa shape index (κ1) is 9.90. The number of aliphatic hydroxyl groups is 1. The van der Waals surface area contributed by atoms with Crippen molar-refractivity contribution in [2.75, 3.05) is 0 Å². The van der Waals surface area contributed by atoms with Gasteiger partial charge in [0.15, 0.2) is 0 Å². The Kier molecular flexibility index (Phi) is 4.21. The molecule has 1 fully saturated rings. The largest absolute Gasteiger partial charge is 0.479 e. The molecule has 1 aliphatic rings. The smallest absolute Gasteiger partial charge is 0.344 e. The zero-order valence-electron chi connectivity index (χ0n) is 5.86. The lowest BCUT2D eigenvalue weighted by molar-refractivity contribution is -0.160. The van der Waals surface area contributed by atoms with Crippen LogP contribution in [-0.2, 0) is 9.59 Å². The van der Waals surface area contributed by atoms with Crippen LogP contribution in [-0.4, -0.2) is 33.4 Å². The SMILES string of the molecule is C1CC1.O=C(O)C(O)C(=O)O. The maximum atomic E-state index is 9.51. The van der Waals surface area contributed by atoms with Gasteiger partial charge < -0.3 is 15.3 Å². The lowest BCUT2D eigenvalue weighted by Gasteiger charge is -1.93. The third kappa shape index (κ3) is 6.79. The van der Waals surface area contributed by atoms with Gasteiger partial charge in [-0.05, 0) is 0 Å². The van der Waals surface area contributed by atoms with E-state index in [4.69, 9.17) is 15.3 Å². The Labute approximate surface area is 63.3 Å². The standard InChI is InChI=1S/C3H4O5.C3H6/c4-1(2(5)6)3(7)8;1-2-3-1/h1,4H,(H,5,6)(H,7,8);1-3H2. The van der Waals surface area contributed by atoms with Crippen molar-refractivity contribution in [1.82, 2.24) is 0 Å². The molecule has 0 radical (unpaired) electrons. The second kappa shape index (κ2) is 4.68. The number of carbonyl (C=O) groups is 2. The number of rotatable bonds is 2. The third-order valence-electron chi connectivity index (χ3n) is 0.821. The Morgan fingerprint density at radius 2 is 1.27 bits per heavy atom. The average Bonchev–Trinajstić information content (AvgIpc) is 2.69. The minimum Gasteiger partial charge on any atom is -0.479 e. The second-order valence-corrected chi connectivity index (χ2v) is 2.14. The van der Waals surface area contributed by atoms with Crippen molar-refractivity contribution in [1.29, 1.82) is 0 Å². The van der Waals surface area contributed by atoms with Crippen LogP contribution in [0.2, 0.25) is 0 Å². The minimum absolute atomic E-state index is 1.50. The normalized spacial score (nSPS) is 13.3. The molecule has 5 heteroatoms. The van der Waals surface area contributed by atoms with Crippen LogP contribution in [0.5, 0.6) is 0 Å². The van der Waals surface area contributed by atoms with Gasteiger partial charge in [-0.3, -0.25) is 0 Å². The molecule has 0 amide bonds. The maximum Gasteiger partial charge on any atom is 0.344 e. The Morgan fingerprint density at radius 3 is 1.27 bits per heavy atom. The molecule has 0 atom stereocenters. The van der Waals surface area contributed by atoms with E-state index in [0.717, 1.165) is 0 Å². The molecule has 3 N–H and O–H groups in total. The Hall–Kier alpha value is -1.10. The number of aliphatic carboxylic acids is 2. The van der Waals surface area contributed by atoms with Crippen molar-refractivity contribution in [3.05, 3.63) is 0 Å². The van der Waals surface area contributed by atoms with Crippen molar-refractivity contribution in [2.24, 2.45) is 0 Å². The summed E-state index contributed by atoms with van der Waals surface area (Å²) >= 11 is 0. The van der Waals surface area contributed by atoms with Gasteiger partial charge in [0.2, 0.25) is 6.10 Å². The van der Waals surface area contributed by atoms with E-state index in [1.165, 1.54) is 19.3 Å². The summed E-state index contributed by atoms with van der Waals surface area (Å²) in [7, 11) is 0. The Balaban J connectivity index is 0.000000271. The molecule has 0 heterocycles. The molecule has 0 aromatic heterocycles. The van der Waals surface area contributed by atoms with Gasteiger partial charge in [-0.2, -0.15) is 0 Å². The average molecular weight is 162 g/mol. The summed E-state index contributed by atoms with van der Waals surface area (Å²) in [5.74, 6) is -3.50. The summed E-state index contributed by atoms with van der Waals surface area (Å²) in [6.45, 7) is 0. The van der Waals surface area contributed by atoms with Crippen molar-refractivity contribution in [3.63, 3.8) is 0 Å². The lowest BCUT2D eigenvalue weighted by atomic mass is 10.4. The quantitative estimate of drug-likeness (QED) is 0.484. The fourth-order valence-electron chi connectivity index (χ4n) is 0.106. The van der Waals surface area contributed by atoms with Crippen LogP contribution in [0.1, 0.15) is 19.3 Å². The van der Waals surface area contributed by atoms with Crippen LogP contribution in [0.15, 0.2) is 0 Å². The van der Waals surface area contributed by atoms with Gasteiger partial charge in [0.25, 0.3) is 0 Å².